The number of fused-ring (bicyclic) bond motifs is 1. The molecule has 1 aromatic heterocycles. The van der Waals surface area contributed by atoms with Gasteiger partial charge >= 0.3 is 5.97 Å². The molecule has 0 aliphatic heterocycles. The molecule has 1 heterocycles. The predicted molar refractivity (Wildman–Crippen MR) is 78.4 cm³/mol. The molecule has 0 radical (unpaired) electrons. The molecule has 0 spiro atoms. The van der Waals surface area contributed by atoms with Gasteiger partial charge in [0.2, 0.25) is 0 Å². The van der Waals surface area contributed by atoms with Crippen molar-refractivity contribution in [1.82, 2.24) is 10.3 Å². The highest BCUT2D eigenvalue weighted by atomic mass is 16.4. The molecule has 0 aliphatic carbocycles. The van der Waals surface area contributed by atoms with Crippen molar-refractivity contribution in [3.05, 3.63) is 35.0 Å². The minimum atomic E-state index is -1.46. The second kappa shape index (κ2) is 5.97. The van der Waals surface area contributed by atoms with Crippen molar-refractivity contribution in [2.24, 2.45) is 0 Å². The Labute approximate surface area is 121 Å². The first-order valence-corrected chi connectivity index (χ1v) is 6.68. The number of aromatic amines is 1. The third-order valence-electron chi connectivity index (χ3n) is 3.56. The van der Waals surface area contributed by atoms with E-state index in [-0.39, 0.29) is 18.9 Å². The maximum Gasteiger partial charge on any atom is 0.332 e. The number of benzene rings is 1. The summed E-state index contributed by atoms with van der Waals surface area (Å²) in [6.07, 6.45) is -1.48. The number of aromatic nitrogens is 1. The standard InChI is InChI=1S/C15H18N2O4/c1-8-9(2)17-12-4-3-10(7-11(8)12)14(19)16-6-5-13(18)15(20)21/h3-4,7,13,17-18H,5-6H2,1-2H3,(H,16,19)(H,20,21)/t13-/m0/s1. The Hall–Kier alpha value is -2.34. The summed E-state index contributed by atoms with van der Waals surface area (Å²) in [6, 6.07) is 5.36. The van der Waals surface area contributed by atoms with E-state index in [1.165, 1.54) is 0 Å². The Morgan fingerprint density at radius 2 is 2.05 bits per heavy atom. The number of hydrogen-bond acceptors (Lipinski definition) is 3. The summed E-state index contributed by atoms with van der Waals surface area (Å²) in [7, 11) is 0. The van der Waals surface area contributed by atoms with Gasteiger partial charge in [-0.05, 0) is 37.6 Å². The van der Waals surface area contributed by atoms with Crippen LogP contribution in [-0.4, -0.2) is 39.7 Å². The van der Waals surface area contributed by atoms with Gasteiger partial charge in [0.25, 0.3) is 5.91 Å². The van der Waals surface area contributed by atoms with Crippen molar-refractivity contribution in [3.63, 3.8) is 0 Å². The van der Waals surface area contributed by atoms with Crippen LogP contribution in [-0.2, 0) is 4.79 Å². The molecule has 4 N–H and O–H groups in total. The van der Waals surface area contributed by atoms with Crippen LogP contribution >= 0.6 is 0 Å². The minimum Gasteiger partial charge on any atom is -0.479 e. The molecule has 21 heavy (non-hydrogen) atoms. The molecule has 1 amide bonds. The largest absolute Gasteiger partial charge is 0.479 e. The Morgan fingerprint density at radius 1 is 1.33 bits per heavy atom. The summed E-state index contributed by atoms with van der Waals surface area (Å²) in [4.78, 5) is 25.7. The third-order valence-corrected chi connectivity index (χ3v) is 3.56. The first-order valence-electron chi connectivity index (χ1n) is 6.68. The van der Waals surface area contributed by atoms with E-state index in [0.29, 0.717) is 5.56 Å². The molecule has 112 valence electrons. The summed E-state index contributed by atoms with van der Waals surface area (Å²) >= 11 is 0. The Kier molecular flexibility index (Phi) is 4.28. The molecule has 0 bridgehead atoms. The van der Waals surface area contributed by atoms with Crippen LogP contribution in [0.4, 0.5) is 0 Å². The maximum atomic E-state index is 12.0. The van der Waals surface area contributed by atoms with Gasteiger partial charge in [-0.3, -0.25) is 4.79 Å². The van der Waals surface area contributed by atoms with Gasteiger partial charge in [0, 0.05) is 35.1 Å². The molecule has 2 aromatic rings. The van der Waals surface area contributed by atoms with Crippen LogP contribution in [0.1, 0.15) is 28.0 Å². The number of carboxylic acid groups (broad SMARTS) is 1. The molecule has 1 aromatic carbocycles. The number of aliphatic carboxylic acids is 1. The summed E-state index contributed by atoms with van der Waals surface area (Å²) in [6.45, 7) is 4.07. The lowest BCUT2D eigenvalue weighted by Gasteiger charge is -2.07. The highest BCUT2D eigenvalue weighted by Gasteiger charge is 2.14. The van der Waals surface area contributed by atoms with Gasteiger partial charge < -0.3 is 20.5 Å². The average Bonchev–Trinajstić information content (AvgIpc) is 2.73. The minimum absolute atomic E-state index is 0.0222. The van der Waals surface area contributed by atoms with E-state index in [2.05, 4.69) is 10.3 Å². The zero-order chi connectivity index (χ0) is 15.6. The lowest BCUT2D eigenvalue weighted by molar-refractivity contribution is -0.146. The molecule has 6 nitrogen and oxygen atoms in total. The van der Waals surface area contributed by atoms with E-state index in [4.69, 9.17) is 10.2 Å². The van der Waals surface area contributed by atoms with Gasteiger partial charge in [-0.25, -0.2) is 4.79 Å². The number of hydrogen-bond donors (Lipinski definition) is 4. The van der Waals surface area contributed by atoms with E-state index in [1.54, 1.807) is 12.1 Å². The van der Waals surface area contributed by atoms with Crippen LogP contribution in [0.2, 0.25) is 0 Å². The van der Waals surface area contributed by atoms with Gasteiger partial charge in [-0.2, -0.15) is 0 Å². The maximum absolute atomic E-state index is 12.0. The lowest BCUT2D eigenvalue weighted by atomic mass is 10.1. The van der Waals surface area contributed by atoms with E-state index in [9.17, 15) is 9.59 Å². The normalized spacial score (nSPS) is 12.3. The Morgan fingerprint density at radius 3 is 2.71 bits per heavy atom. The number of aliphatic hydroxyl groups is 1. The smallest absolute Gasteiger partial charge is 0.332 e. The van der Waals surface area contributed by atoms with Crippen molar-refractivity contribution in [3.8, 4) is 0 Å². The van der Waals surface area contributed by atoms with Crippen LogP contribution in [0.15, 0.2) is 18.2 Å². The molecule has 0 saturated heterocycles. The molecular formula is C15H18N2O4. The van der Waals surface area contributed by atoms with Crippen LogP contribution < -0.4 is 5.32 Å². The number of aryl methyl sites for hydroxylation is 2. The van der Waals surface area contributed by atoms with Crippen molar-refractivity contribution >= 4 is 22.8 Å². The summed E-state index contributed by atoms with van der Waals surface area (Å²) in [5.74, 6) is -1.57. The second-order valence-corrected chi connectivity index (χ2v) is 5.03. The predicted octanol–water partition coefficient (Wildman–Crippen LogP) is 1.35. The van der Waals surface area contributed by atoms with Gasteiger partial charge in [0.05, 0.1) is 0 Å². The number of nitrogens with one attached hydrogen (secondary N) is 2. The lowest BCUT2D eigenvalue weighted by Crippen LogP contribution is -2.30. The monoisotopic (exact) mass is 290 g/mol. The molecule has 0 unspecified atom stereocenters. The van der Waals surface area contributed by atoms with Gasteiger partial charge in [-0.1, -0.05) is 0 Å². The fourth-order valence-corrected chi connectivity index (χ4v) is 2.15. The summed E-state index contributed by atoms with van der Waals surface area (Å²) in [5.41, 5.74) is 3.64. The molecular weight excluding hydrogens is 272 g/mol. The van der Waals surface area contributed by atoms with Crippen molar-refractivity contribution in [1.29, 1.82) is 0 Å². The zero-order valence-corrected chi connectivity index (χ0v) is 11.9. The highest BCUT2D eigenvalue weighted by Crippen LogP contribution is 2.22. The number of H-pyrrole nitrogens is 1. The van der Waals surface area contributed by atoms with Crippen molar-refractivity contribution in [2.75, 3.05) is 6.54 Å². The molecule has 0 aliphatic rings. The average molecular weight is 290 g/mol. The van der Waals surface area contributed by atoms with Crippen LogP contribution in [0, 0.1) is 13.8 Å². The van der Waals surface area contributed by atoms with Gasteiger partial charge in [0.15, 0.2) is 6.10 Å². The molecule has 0 saturated carbocycles. The van der Waals surface area contributed by atoms with E-state index in [0.717, 1.165) is 22.2 Å². The van der Waals surface area contributed by atoms with E-state index >= 15 is 0 Å². The highest BCUT2D eigenvalue weighted by molar-refractivity contribution is 5.99. The van der Waals surface area contributed by atoms with Crippen molar-refractivity contribution in [2.45, 2.75) is 26.4 Å². The number of rotatable bonds is 5. The van der Waals surface area contributed by atoms with Crippen LogP contribution in [0.3, 0.4) is 0 Å². The third kappa shape index (κ3) is 3.22. The number of carboxylic acids is 1. The van der Waals surface area contributed by atoms with E-state index in [1.807, 2.05) is 19.9 Å². The number of carbonyl (C=O) groups is 2. The Balaban J connectivity index is 2.06. The SMILES string of the molecule is Cc1[nH]c2ccc(C(=O)NCC[C@H](O)C(=O)O)cc2c1C. The molecule has 1 atom stereocenters. The topological polar surface area (TPSA) is 102 Å². The Bertz CT molecular complexity index is 690. The van der Waals surface area contributed by atoms with Crippen LogP contribution in [0.25, 0.3) is 10.9 Å². The van der Waals surface area contributed by atoms with Gasteiger partial charge in [-0.15, -0.1) is 0 Å². The van der Waals surface area contributed by atoms with Crippen LogP contribution in [0.5, 0.6) is 0 Å². The van der Waals surface area contributed by atoms with Gasteiger partial charge in [0.1, 0.15) is 0 Å². The van der Waals surface area contributed by atoms with Crippen molar-refractivity contribution < 1.29 is 19.8 Å². The first-order chi connectivity index (χ1) is 9.90. The molecule has 2 rings (SSSR count). The zero-order valence-electron chi connectivity index (χ0n) is 11.9. The molecule has 0 fully saturated rings. The fourth-order valence-electron chi connectivity index (χ4n) is 2.15. The number of amides is 1. The summed E-state index contributed by atoms with van der Waals surface area (Å²) < 4.78 is 0. The summed E-state index contributed by atoms with van der Waals surface area (Å²) in [5, 5.41) is 21.3. The molecule has 6 heteroatoms. The quantitative estimate of drug-likeness (QED) is 0.667. The fraction of sp³-hybridized carbons (Fsp3) is 0.333. The second-order valence-electron chi connectivity index (χ2n) is 5.03. The first kappa shape index (κ1) is 15.1. The number of carbonyl (C=O) groups excluding carboxylic acids is 1. The number of aliphatic hydroxyl groups excluding tert-OH is 1. The van der Waals surface area contributed by atoms with E-state index < -0.39 is 12.1 Å².